The normalized spacial score (nSPS) is 10.6. The van der Waals surface area contributed by atoms with Gasteiger partial charge in [-0.25, -0.2) is 4.39 Å². The van der Waals surface area contributed by atoms with E-state index < -0.39 is 5.82 Å². The van der Waals surface area contributed by atoms with Crippen LogP contribution in [0, 0.1) is 5.82 Å². The molecule has 1 heterocycles. The van der Waals surface area contributed by atoms with Crippen molar-refractivity contribution in [2.75, 3.05) is 5.73 Å². The summed E-state index contributed by atoms with van der Waals surface area (Å²) >= 11 is 0. The van der Waals surface area contributed by atoms with Crippen LogP contribution in [-0.4, -0.2) is 4.98 Å². The van der Waals surface area contributed by atoms with Crippen LogP contribution in [0.3, 0.4) is 0 Å². The largest absolute Gasteiger partial charge is 0.452 e. The number of anilines is 1. The fraction of sp³-hybridized carbons (Fsp3) is 0. The topological polar surface area (TPSA) is 48.1 Å². The molecule has 0 unspecified atom stereocenters. The quantitative estimate of drug-likeness (QED) is 0.708. The molecule has 3 aromatic rings. The van der Waals surface area contributed by atoms with Crippen LogP contribution in [0.5, 0.6) is 11.5 Å². The number of para-hydroxylation sites is 1. The SMILES string of the molecule is Nc1cc(F)c(Oc2ccccc2)c2ncccc12. The second kappa shape index (κ2) is 4.57. The van der Waals surface area contributed by atoms with Gasteiger partial charge in [-0.05, 0) is 24.3 Å². The fourth-order valence-electron chi connectivity index (χ4n) is 1.92. The lowest BCUT2D eigenvalue weighted by Crippen LogP contribution is -1.96. The van der Waals surface area contributed by atoms with Crippen molar-refractivity contribution in [2.45, 2.75) is 0 Å². The Balaban J connectivity index is 2.18. The lowest BCUT2D eigenvalue weighted by atomic mass is 10.1. The molecule has 0 saturated carbocycles. The Kier molecular flexibility index (Phi) is 2.76. The number of pyridine rings is 1. The van der Waals surface area contributed by atoms with E-state index in [4.69, 9.17) is 10.5 Å². The van der Waals surface area contributed by atoms with Gasteiger partial charge in [0.15, 0.2) is 11.6 Å². The van der Waals surface area contributed by atoms with Crippen molar-refractivity contribution in [3.8, 4) is 11.5 Å². The first kappa shape index (κ1) is 11.5. The van der Waals surface area contributed by atoms with Crippen molar-refractivity contribution in [3.63, 3.8) is 0 Å². The fourth-order valence-corrected chi connectivity index (χ4v) is 1.92. The summed E-state index contributed by atoms with van der Waals surface area (Å²) in [4.78, 5) is 4.15. The molecule has 3 rings (SSSR count). The third kappa shape index (κ3) is 2.08. The number of nitrogens with zero attached hydrogens (tertiary/aromatic N) is 1. The van der Waals surface area contributed by atoms with Gasteiger partial charge in [0, 0.05) is 23.3 Å². The Morgan fingerprint density at radius 2 is 1.84 bits per heavy atom. The molecule has 0 saturated heterocycles. The number of aromatic nitrogens is 1. The van der Waals surface area contributed by atoms with Gasteiger partial charge in [0.1, 0.15) is 11.3 Å². The van der Waals surface area contributed by atoms with Crippen molar-refractivity contribution in [1.29, 1.82) is 0 Å². The molecule has 19 heavy (non-hydrogen) atoms. The van der Waals surface area contributed by atoms with Gasteiger partial charge in [-0.15, -0.1) is 0 Å². The Morgan fingerprint density at radius 3 is 2.63 bits per heavy atom. The van der Waals surface area contributed by atoms with E-state index in [9.17, 15) is 4.39 Å². The minimum absolute atomic E-state index is 0.0935. The lowest BCUT2D eigenvalue weighted by Gasteiger charge is -2.10. The predicted octanol–water partition coefficient (Wildman–Crippen LogP) is 3.75. The van der Waals surface area contributed by atoms with Crippen LogP contribution in [0.4, 0.5) is 10.1 Å². The Labute approximate surface area is 109 Å². The molecule has 0 atom stereocenters. The molecule has 0 spiro atoms. The van der Waals surface area contributed by atoms with Gasteiger partial charge in [-0.2, -0.15) is 0 Å². The van der Waals surface area contributed by atoms with Crippen LogP contribution in [-0.2, 0) is 0 Å². The summed E-state index contributed by atoms with van der Waals surface area (Å²) in [6, 6.07) is 13.8. The number of rotatable bonds is 2. The Hall–Kier alpha value is -2.62. The number of hydrogen-bond donors (Lipinski definition) is 1. The summed E-state index contributed by atoms with van der Waals surface area (Å²) < 4.78 is 19.6. The number of ether oxygens (including phenoxy) is 1. The van der Waals surface area contributed by atoms with Gasteiger partial charge < -0.3 is 10.5 Å². The molecule has 4 heteroatoms. The molecule has 3 nitrogen and oxygen atoms in total. The van der Waals surface area contributed by atoms with Crippen molar-refractivity contribution in [3.05, 3.63) is 60.5 Å². The van der Waals surface area contributed by atoms with E-state index in [2.05, 4.69) is 4.98 Å². The van der Waals surface area contributed by atoms with Crippen LogP contribution in [0.1, 0.15) is 0 Å². The van der Waals surface area contributed by atoms with Gasteiger partial charge in [0.2, 0.25) is 0 Å². The van der Waals surface area contributed by atoms with Crippen LogP contribution < -0.4 is 10.5 Å². The average Bonchev–Trinajstić information content (AvgIpc) is 2.45. The molecule has 2 N–H and O–H groups in total. The molecule has 0 aliphatic rings. The highest BCUT2D eigenvalue weighted by Crippen LogP contribution is 2.34. The van der Waals surface area contributed by atoms with Gasteiger partial charge in [-0.3, -0.25) is 4.98 Å². The molecule has 0 radical (unpaired) electrons. The van der Waals surface area contributed by atoms with Gasteiger partial charge in [0.25, 0.3) is 0 Å². The van der Waals surface area contributed by atoms with E-state index in [1.165, 1.54) is 6.07 Å². The van der Waals surface area contributed by atoms with Gasteiger partial charge >= 0.3 is 0 Å². The first-order valence-corrected chi connectivity index (χ1v) is 5.81. The van der Waals surface area contributed by atoms with Crippen molar-refractivity contribution >= 4 is 16.6 Å². The summed E-state index contributed by atoms with van der Waals surface area (Å²) in [6.45, 7) is 0. The van der Waals surface area contributed by atoms with Crippen LogP contribution in [0.15, 0.2) is 54.7 Å². The summed E-state index contributed by atoms with van der Waals surface area (Å²) in [5.74, 6) is 0.127. The molecule has 1 aromatic heterocycles. The maximum Gasteiger partial charge on any atom is 0.189 e. The monoisotopic (exact) mass is 254 g/mol. The molecule has 94 valence electrons. The van der Waals surface area contributed by atoms with Gasteiger partial charge in [-0.1, -0.05) is 18.2 Å². The number of fused-ring (bicyclic) bond motifs is 1. The maximum atomic E-state index is 14.0. The highest BCUT2D eigenvalue weighted by molar-refractivity contribution is 5.94. The van der Waals surface area contributed by atoms with E-state index in [1.54, 1.807) is 30.5 Å². The molecule has 0 bridgehead atoms. The summed E-state index contributed by atoms with van der Waals surface area (Å²) in [6.07, 6.45) is 1.58. The average molecular weight is 254 g/mol. The highest BCUT2D eigenvalue weighted by Gasteiger charge is 2.13. The first-order valence-electron chi connectivity index (χ1n) is 5.81. The molecular weight excluding hydrogens is 243 g/mol. The summed E-state index contributed by atoms with van der Waals surface area (Å²) in [5.41, 5.74) is 6.55. The number of nitrogens with two attached hydrogens (primary N) is 1. The smallest absolute Gasteiger partial charge is 0.189 e. The zero-order valence-corrected chi connectivity index (χ0v) is 10.0. The summed E-state index contributed by atoms with van der Waals surface area (Å²) in [7, 11) is 0. The standard InChI is InChI=1S/C15H11FN2O/c16-12-9-13(17)11-7-4-8-18-14(11)15(12)19-10-5-2-1-3-6-10/h1-9H,17H2. The van der Waals surface area contributed by atoms with Crippen LogP contribution in [0.2, 0.25) is 0 Å². The van der Waals surface area contributed by atoms with E-state index in [1.807, 2.05) is 18.2 Å². The molecule has 2 aromatic carbocycles. The van der Waals surface area contributed by atoms with E-state index >= 15 is 0 Å². The van der Waals surface area contributed by atoms with Crippen LogP contribution in [0.25, 0.3) is 10.9 Å². The number of halogens is 1. The molecule has 0 aliphatic heterocycles. The lowest BCUT2D eigenvalue weighted by molar-refractivity contribution is 0.447. The minimum atomic E-state index is -0.521. The number of nitrogen functional groups attached to an aromatic ring is 1. The van der Waals surface area contributed by atoms with Crippen molar-refractivity contribution in [1.82, 2.24) is 4.98 Å². The molecular formula is C15H11FN2O. The number of benzene rings is 2. The Morgan fingerprint density at radius 1 is 1.05 bits per heavy atom. The highest BCUT2D eigenvalue weighted by atomic mass is 19.1. The second-order valence-electron chi connectivity index (χ2n) is 4.09. The first-order chi connectivity index (χ1) is 9.25. The van der Waals surface area contributed by atoms with E-state index in [-0.39, 0.29) is 5.75 Å². The van der Waals surface area contributed by atoms with Gasteiger partial charge in [0.05, 0.1) is 0 Å². The van der Waals surface area contributed by atoms with Crippen molar-refractivity contribution in [2.24, 2.45) is 0 Å². The second-order valence-corrected chi connectivity index (χ2v) is 4.09. The van der Waals surface area contributed by atoms with Crippen molar-refractivity contribution < 1.29 is 9.13 Å². The summed E-state index contributed by atoms with van der Waals surface area (Å²) in [5, 5.41) is 0.676. The van der Waals surface area contributed by atoms with Crippen LogP contribution >= 0.6 is 0 Å². The van der Waals surface area contributed by atoms with E-state index in [0.717, 1.165) is 0 Å². The maximum absolute atomic E-state index is 14.0. The predicted molar refractivity (Wildman–Crippen MR) is 72.6 cm³/mol. The molecule has 0 fully saturated rings. The Bertz CT molecular complexity index is 729. The van der Waals surface area contributed by atoms with E-state index in [0.29, 0.717) is 22.3 Å². The zero-order valence-electron chi connectivity index (χ0n) is 10.0. The third-order valence-corrected chi connectivity index (χ3v) is 2.80. The third-order valence-electron chi connectivity index (χ3n) is 2.80. The minimum Gasteiger partial charge on any atom is -0.452 e. The molecule has 0 amide bonds. The zero-order chi connectivity index (χ0) is 13.2. The number of hydrogen-bond acceptors (Lipinski definition) is 3. The molecule has 0 aliphatic carbocycles.